The molecule has 1 N–H and O–H groups in total. The topological polar surface area (TPSA) is 32.3 Å². The molecular formula is C15H18N2OS. The molecule has 1 saturated heterocycles. The molecule has 1 heterocycles. The molecule has 1 amide bonds. The van der Waals surface area contributed by atoms with E-state index in [1.54, 1.807) is 4.90 Å². The molecular weight excluding hydrogens is 256 g/mol. The third-order valence-corrected chi connectivity index (χ3v) is 3.33. The van der Waals surface area contributed by atoms with Crippen LogP contribution in [-0.2, 0) is 4.79 Å². The van der Waals surface area contributed by atoms with Gasteiger partial charge in [0.05, 0.1) is 5.69 Å². The van der Waals surface area contributed by atoms with Gasteiger partial charge in [-0.1, -0.05) is 31.6 Å². The van der Waals surface area contributed by atoms with Gasteiger partial charge >= 0.3 is 0 Å². The number of thiocarbonyl (C=S) groups is 1. The summed E-state index contributed by atoms with van der Waals surface area (Å²) >= 11 is 5.25. The van der Waals surface area contributed by atoms with Crippen molar-refractivity contribution in [2.75, 3.05) is 4.90 Å². The zero-order chi connectivity index (χ0) is 13.8. The molecule has 0 unspecified atom stereocenters. The minimum atomic E-state index is -0.0632. The smallest absolute Gasteiger partial charge is 0.280 e. The molecule has 0 radical (unpaired) electrons. The summed E-state index contributed by atoms with van der Waals surface area (Å²) in [5, 5.41) is 3.46. The Morgan fingerprint density at radius 3 is 2.89 bits per heavy atom. The number of aryl methyl sites for hydroxylation is 1. The molecule has 0 saturated carbocycles. The lowest BCUT2D eigenvalue weighted by Crippen LogP contribution is -2.30. The molecule has 1 fully saturated rings. The van der Waals surface area contributed by atoms with E-state index >= 15 is 0 Å². The van der Waals surface area contributed by atoms with Gasteiger partial charge in [0.25, 0.3) is 5.91 Å². The Morgan fingerprint density at radius 2 is 2.21 bits per heavy atom. The van der Waals surface area contributed by atoms with Crippen molar-refractivity contribution >= 4 is 28.9 Å². The van der Waals surface area contributed by atoms with Crippen LogP contribution in [-0.4, -0.2) is 11.0 Å². The summed E-state index contributed by atoms with van der Waals surface area (Å²) in [6.07, 6.45) is 5.03. The maximum absolute atomic E-state index is 12.3. The predicted octanol–water partition coefficient (Wildman–Crippen LogP) is 3.29. The summed E-state index contributed by atoms with van der Waals surface area (Å²) in [7, 11) is 0. The number of nitrogens with zero attached hydrogens (tertiary/aromatic N) is 1. The highest BCUT2D eigenvalue weighted by Gasteiger charge is 2.31. The van der Waals surface area contributed by atoms with Crippen molar-refractivity contribution < 1.29 is 4.79 Å². The van der Waals surface area contributed by atoms with Gasteiger partial charge in [-0.2, -0.15) is 0 Å². The number of nitrogens with one attached hydrogen (secondary N) is 1. The molecule has 3 nitrogen and oxygen atoms in total. The number of hydrogen-bond acceptors (Lipinski definition) is 2. The highest BCUT2D eigenvalue weighted by atomic mass is 32.1. The van der Waals surface area contributed by atoms with E-state index in [1.165, 1.54) is 0 Å². The maximum atomic E-state index is 12.3. The molecule has 0 aromatic heterocycles. The maximum Gasteiger partial charge on any atom is 0.280 e. The van der Waals surface area contributed by atoms with Crippen LogP contribution in [0.3, 0.4) is 0 Å². The van der Waals surface area contributed by atoms with E-state index in [0.717, 1.165) is 30.5 Å². The molecule has 1 aliphatic rings. The zero-order valence-electron chi connectivity index (χ0n) is 11.3. The number of carbonyl (C=O) groups excluding carboxylic acids is 1. The van der Waals surface area contributed by atoms with Gasteiger partial charge in [0.2, 0.25) is 0 Å². The van der Waals surface area contributed by atoms with E-state index in [0.29, 0.717) is 10.8 Å². The van der Waals surface area contributed by atoms with Crippen LogP contribution >= 0.6 is 12.2 Å². The third-order valence-electron chi connectivity index (χ3n) is 3.04. The molecule has 0 atom stereocenters. The van der Waals surface area contributed by atoms with Gasteiger partial charge in [-0.25, -0.2) is 0 Å². The van der Waals surface area contributed by atoms with E-state index in [1.807, 2.05) is 37.3 Å². The Bertz CT molecular complexity index is 537. The number of hydrogen-bond donors (Lipinski definition) is 1. The molecule has 4 heteroatoms. The Hall–Kier alpha value is -1.68. The Kier molecular flexibility index (Phi) is 4.32. The summed E-state index contributed by atoms with van der Waals surface area (Å²) in [6, 6.07) is 7.78. The van der Waals surface area contributed by atoms with Crippen LogP contribution in [0, 0.1) is 6.92 Å². The Labute approximate surface area is 119 Å². The molecule has 0 aliphatic carbocycles. The quantitative estimate of drug-likeness (QED) is 0.519. The summed E-state index contributed by atoms with van der Waals surface area (Å²) < 4.78 is 0. The fraction of sp³-hybridized carbons (Fsp3) is 0.333. The zero-order valence-corrected chi connectivity index (χ0v) is 12.1. The van der Waals surface area contributed by atoms with Gasteiger partial charge in [0.1, 0.15) is 5.70 Å². The van der Waals surface area contributed by atoms with Crippen LogP contribution in [0.1, 0.15) is 31.7 Å². The number of anilines is 1. The summed E-state index contributed by atoms with van der Waals surface area (Å²) in [5.74, 6) is -0.0632. The molecule has 0 spiro atoms. The molecule has 100 valence electrons. The second-order valence-electron chi connectivity index (χ2n) is 4.67. The van der Waals surface area contributed by atoms with Crippen molar-refractivity contribution in [2.24, 2.45) is 0 Å². The second kappa shape index (κ2) is 5.97. The van der Waals surface area contributed by atoms with Crippen LogP contribution in [0.5, 0.6) is 0 Å². The second-order valence-corrected chi connectivity index (χ2v) is 5.06. The predicted molar refractivity (Wildman–Crippen MR) is 82.0 cm³/mol. The lowest BCUT2D eigenvalue weighted by Gasteiger charge is -2.14. The van der Waals surface area contributed by atoms with Gasteiger partial charge in [0.15, 0.2) is 5.11 Å². The van der Waals surface area contributed by atoms with Crippen LogP contribution in [0.2, 0.25) is 0 Å². The van der Waals surface area contributed by atoms with Crippen LogP contribution in [0.25, 0.3) is 0 Å². The molecule has 0 bridgehead atoms. The lowest BCUT2D eigenvalue weighted by molar-refractivity contribution is -0.113. The first kappa shape index (κ1) is 13.7. The Morgan fingerprint density at radius 1 is 1.42 bits per heavy atom. The third kappa shape index (κ3) is 3.01. The number of allylic oxidation sites excluding steroid dienone is 1. The fourth-order valence-corrected chi connectivity index (χ4v) is 2.33. The first-order chi connectivity index (χ1) is 9.13. The monoisotopic (exact) mass is 274 g/mol. The minimum Gasteiger partial charge on any atom is -0.328 e. The van der Waals surface area contributed by atoms with Crippen molar-refractivity contribution in [1.82, 2.24) is 5.32 Å². The van der Waals surface area contributed by atoms with E-state index in [9.17, 15) is 4.79 Å². The Balaban J connectivity index is 2.21. The normalized spacial score (nSPS) is 17.2. The van der Waals surface area contributed by atoms with Crippen molar-refractivity contribution in [3.63, 3.8) is 0 Å². The number of unbranched alkanes of at least 4 members (excludes halogenated alkanes) is 2. The van der Waals surface area contributed by atoms with E-state index < -0.39 is 0 Å². The van der Waals surface area contributed by atoms with Crippen molar-refractivity contribution in [1.29, 1.82) is 0 Å². The minimum absolute atomic E-state index is 0.0632. The molecule has 19 heavy (non-hydrogen) atoms. The molecule has 1 aromatic rings. The lowest BCUT2D eigenvalue weighted by atomic mass is 10.2. The molecule has 1 aliphatic heterocycles. The van der Waals surface area contributed by atoms with Crippen molar-refractivity contribution in [2.45, 2.75) is 33.1 Å². The van der Waals surface area contributed by atoms with E-state index in [-0.39, 0.29) is 5.91 Å². The highest BCUT2D eigenvalue weighted by Crippen LogP contribution is 2.22. The summed E-state index contributed by atoms with van der Waals surface area (Å²) in [4.78, 5) is 13.9. The fourth-order valence-electron chi connectivity index (χ4n) is 2.03. The van der Waals surface area contributed by atoms with Gasteiger partial charge in [-0.05, 0) is 49.7 Å². The van der Waals surface area contributed by atoms with Crippen LogP contribution in [0.4, 0.5) is 5.69 Å². The standard InChI is InChI=1S/C15H18N2OS/c1-3-4-5-9-13-14(18)17(15(19)16-13)12-8-6-7-11(2)10-12/h6-10H,3-5H2,1-2H3,(H,16,19)/b13-9+. The summed E-state index contributed by atoms with van der Waals surface area (Å²) in [6.45, 7) is 4.13. The van der Waals surface area contributed by atoms with E-state index in [2.05, 4.69) is 12.2 Å². The molecule has 2 rings (SSSR count). The van der Waals surface area contributed by atoms with Gasteiger partial charge in [-0.15, -0.1) is 0 Å². The number of rotatable bonds is 4. The summed E-state index contributed by atoms with van der Waals surface area (Å²) in [5.41, 5.74) is 2.53. The van der Waals surface area contributed by atoms with E-state index in [4.69, 9.17) is 12.2 Å². The first-order valence-corrected chi connectivity index (χ1v) is 6.96. The van der Waals surface area contributed by atoms with Crippen molar-refractivity contribution in [3.05, 3.63) is 41.6 Å². The largest absolute Gasteiger partial charge is 0.328 e. The van der Waals surface area contributed by atoms with Crippen molar-refractivity contribution in [3.8, 4) is 0 Å². The van der Waals surface area contributed by atoms with Crippen LogP contribution < -0.4 is 10.2 Å². The average molecular weight is 274 g/mol. The SMILES string of the molecule is CCCC/C=C1/NC(=S)N(c2cccc(C)c2)C1=O. The van der Waals surface area contributed by atoms with Gasteiger partial charge in [0, 0.05) is 0 Å². The highest BCUT2D eigenvalue weighted by molar-refractivity contribution is 7.80. The number of amides is 1. The van der Waals surface area contributed by atoms with Gasteiger partial charge < -0.3 is 5.32 Å². The van der Waals surface area contributed by atoms with Crippen LogP contribution in [0.15, 0.2) is 36.0 Å². The average Bonchev–Trinajstić information content (AvgIpc) is 2.65. The molecule has 1 aromatic carbocycles. The number of benzene rings is 1. The first-order valence-electron chi connectivity index (χ1n) is 6.55. The number of carbonyl (C=O) groups is 1. The van der Waals surface area contributed by atoms with Gasteiger partial charge in [-0.3, -0.25) is 9.69 Å².